The zero-order valence-corrected chi connectivity index (χ0v) is 14.2. The molecule has 3 heterocycles. The topological polar surface area (TPSA) is 69.9 Å². The lowest BCUT2D eigenvalue weighted by Crippen LogP contribution is -2.27. The second-order valence-corrected chi connectivity index (χ2v) is 7.47. The fourth-order valence-electron chi connectivity index (χ4n) is 2.72. The summed E-state index contributed by atoms with van der Waals surface area (Å²) >= 11 is 3.11. The zero-order valence-electron chi connectivity index (χ0n) is 12.5. The molecule has 1 amide bonds. The van der Waals surface area contributed by atoms with Crippen LogP contribution in [0, 0.1) is 11.3 Å². The van der Waals surface area contributed by atoms with Crippen molar-refractivity contribution in [1.82, 2.24) is 9.97 Å². The number of rotatable bonds is 3. The van der Waals surface area contributed by atoms with Crippen LogP contribution in [0.2, 0.25) is 0 Å². The van der Waals surface area contributed by atoms with Crippen LogP contribution >= 0.6 is 23.1 Å². The van der Waals surface area contributed by atoms with E-state index in [-0.39, 0.29) is 11.2 Å². The van der Waals surface area contributed by atoms with Gasteiger partial charge in [0, 0.05) is 12.2 Å². The first kappa shape index (κ1) is 15.1. The van der Waals surface area contributed by atoms with Crippen LogP contribution in [0.5, 0.6) is 0 Å². The average molecular weight is 352 g/mol. The molecule has 0 bridgehead atoms. The van der Waals surface area contributed by atoms with Gasteiger partial charge in [-0.25, -0.2) is 9.97 Å². The summed E-state index contributed by atoms with van der Waals surface area (Å²) < 4.78 is 1.03. The van der Waals surface area contributed by atoms with Crippen molar-refractivity contribution in [2.75, 3.05) is 11.4 Å². The third-order valence-corrected chi connectivity index (χ3v) is 6.22. The number of anilines is 1. The first-order chi connectivity index (χ1) is 11.8. The standard InChI is InChI=1S/C17H12N4OS2/c18-9-11-1-3-12(4-2-11)21-7-5-14(17(21)22)24-16-15-13(6-8-23-15)19-10-20-16/h1-4,6,8,10,14H,5,7H2/t14-/m0/s1. The van der Waals surface area contributed by atoms with Crippen LogP contribution in [0.1, 0.15) is 12.0 Å². The molecule has 1 aromatic carbocycles. The first-order valence-corrected chi connectivity index (χ1v) is 9.18. The molecule has 24 heavy (non-hydrogen) atoms. The van der Waals surface area contributed by atoms with Crippen molar-refractivity contribution >= 4 is 44.9 Å². The number of thiophene rings is 1. The number of hydrogen-bond donors (Lipinski definition) is 0. The van der Waals surface area contributed by atoms with Gasteiger partial charge in [-0.2, -0.15) is 5.26 Å². The van der Waals surface area contributed by atoms with Crippen LogP contribution in [0.15, 0.2) is 47.1 Å². The third-order valence-electron chi connectivity index (χ3n) is 3.93. The average Bonchev–Trinajstić information content (AvgIpc) is 3.23. The summed E-state index contributed by atoms with van der Waals surface area (Å²) in [5, 5.41) is 11.6. The summed E-state index contributed by atoms with van der Waals surface area (Å²) in [6, 6.07) is 11.2. The van der Waals surface area contributed by atoms with Crippen molar-refractivity contribution in [1.29, 1.82) is 5.26 Å². The number of nitriles is 1. The Hall–Kier alpha value is -2.43. The highest BCUT2D eigenvalue weighted by Gasteiger charge is 2.34. The van der Waals surface area contributed by atoms with Crippen molar-refractivity contribution in [3.05, 3.63) is 47.6 Å². The van der Waals surface area contributed by atoms with E-state index in [1.807, 2.05) is 23.6 Å². The normalized spacial score (nSPS) is 17.4. The molecular weight excluding hydrogens is 340 g/mol. The number of aromatic nitrogens is 2. The van der Waals surface area contributed by atoms with E-state index >= 15 is 0 Å². The van der Waals surface area contributed by atoms with E-state index in [4.69, 9.17) is 5.26 Å². The highest BCUT2D eigenvalue weighted by Crippen LogP contribution is 2.36. The SMILES string of the molecule is N#Cc1ccc(N2CC[C@H](Sc3ncnc4ccsc34)C2=O)cc1. The third kappa shape index (κ3) is 2.64. The van der Waals surface area contributed by atoms with Gasteiger partial charge in [0.25, 0.3) is 0 Å². The summed E-state index contributed by atoms with van der Waals surface area (Å²) in [7, 11) is 0. The van der Waals surface area contributed by atoms with E-state index in [0.717, 1.165) is 27.4 Å². The number of carbonyl (C=O) groups is 1. The Morgan fingerprint density at radius 1 is 1.25 bits per heavy atom. The zero-order chi connectivity index (χ0) is 16.5. The summed E-state index contributed by atoms with van der Waals surface area (Å²) in [5.74, 6) is 0.0908. The molecule has 0 N–H and O–H groups in total. The smallest absolute Gasteiger partial charge is 0.240 e. The minimum atomic E-state index is -0.138. The maximum atomic E-state index is 12.7. The first-order valence-electron chi connectivity index (χ1n) is 7.42. The molecule has 7 heteroatoms. The van der Waals surface area contributed by atoms with Gasteiger partial charge < -0.3 is 4.90 Å². The molecule has 118 valence electrons. The Morgan fingerprint density at radius 3 is 2.88 bits per heavy atom. The molecule has 1 saturated heterocycles. The maximum Gasteiger partial charge on any atom is 0.240 e. The number of benzene rings is 1. The minimum Gasteiger partial charge on any atom is -0.311 e. The van der Waals surface area contributed by atoms with Gasteiger partial charge in [-0.1, -0.05) is 11.8 Å². The molecule has 2 aromatic heterocycles. The second-order valence-electron chi connectivity index (χ2n) is 5.36. The van der Waals surface area contributed by atoms with Crippen LogP contribution in [-0.4, -0.2) is 27.7 Å². The number of carbonyl (C=O) groups excluding carboxylic acids is 1. The van der Waals surface area contributed by atoms with Crippen LogP contribution in [0.3, 0.4) is 0 Å². The lowest BCUT2D eigenvalue weighted by atomic mass is 10.2. The molecule has 3 aromatic rings. The number of nitrogens with zero attached hydrogens (tertiary/aromatic N) is 4. The van der Waals surface area contributed by atoms with Gasteiger partial charge in [0.15, 0.2) is 0 Å². The van der Waals surface area contributed by atoms with Crippen molar-refractivity contribution in [2.45, 2.75) is 16.7 Å². The van der Waals surface area contributed by atoms with Crippen LogP contribution < -0.4 is 4.90 Å². The fourth-order valence-corrected chi connectivity index (χ4v) is 4.78. The molecule has 1 fully saturated rings. The molecule has 0 spiro atoms. The molecule has 0 aliphatic carbocycles. The molecule has 1 aliphatic rings. The maximum absolute atomic E-state index is 12.7. The predicted molar refractivity (Wildman–Crippen MR) is 95.2 cm³/mol. The van der Waals surface area contributed by atoms with Gasteiger partial charge in [0.1, 0.15) is 11.4 Å². The van der Waals surface area contributed by atoms with Gasteiger partial charge in [0.2, 0.25) is 5.91 Å². The lowest BCUT2D eigenvalue weighted by Gasteiger charge is -2.16. The Morgan fingerprint density at radius 2 is 2.08 bits per heavy atom. The molecule has 4 rings (SSSR count). The summed E-state index contributed by atoms with van der Waals surface area (Å²) in [6.07, 6.45) is 2.33. The van der Waals surface area contributed by atoms with E-state index in [1.165, 1.54) is 11.8 Å². The number of thioether (sulfide) groups is 1. The van der Waals surface area contributed by atoms with Crippen LogP contribution in [0.25, 0.3) is 10.2 Å². The Kier molecular flexibility index (Phi) is 3.92. The van der Waals surface area contributed by atoms with Gasteiger partial charge >= 0.3 is 0 Å². The number of hydrogen-bond acceptors (Lipinski definition) is 6. The Balaban J connectivity index is 1.55. The summed E-state index contributed by atoms with van der Waals surface area (Å²) in [6.45, 7) is 0.682. The molecule has 5 nitrogen and oxygen atoms in total. The second kappa shape index (κ2) is 6.23. The van der Waals surface area contributed by atoms with E-state index in [1.54, 1.807) is 34.7 Å². The largest absolute Gasteiger partial charge is 0.311 e. The minimum absolute atomic E-state index is 0.0908. The summed E-state index contributed by atoms with van der Waals surface area (Å²) in [4.78, 5) is 23.1. The number of amides is 1. The molecular formula is C17H12N4OS2. The number of fused-ring (bicyclic) bond motifs is 1. The molecule has 0 unspecified atom stereocenters. The Labute approximate surface area is 147 Å². The monoisotopic (exact) mass is 352 g/mol. The molecule has 1 atom stereocenters. The van der Waals surface area contributed by atoms with E-state index in [9.17, 15) is 4.79 Å². The van der Waals surface area contributed by atoms with E-state index in [2.05, 4.69) is 16.0 Å². The molecule has 0 radical (unpaired) electrons. The summed E-state index contributed by atoms with van der Waals surface area (Å²) in [5.41, 5.74) is 2.36. The lowest BCUT2D eigenvalue weighted by molar-refractivity contribution is -0.116. The van der Waals surface area contributed by atoms with Crippen LogP contribution in [-0.2, 0) is 4.79 Å². The predicted octanol–water partition coefficient (Wildman–Crippen LogP) is 3.46. The van der Waals surface area contributed by atoms with Gasteiger partial charge in [-0.3, -0.25) is 4.79 Å². The highest BCUT2D eigenvalue weighted by molar-refractivity contribution is 8.00. The molecule has 0 saturated carbocycles. The van der Waals surface area contributed by atoms with Gasteiger partial charge in [-0.05, 0) is 42.1 Å². The van der Waals surface area contributed by atoms with Gasteiger partial charge in [0.05, 0.1) is 27.1 Å². The van der Waals surface area contributed by atoms with Crippen LogP contribution in [0.4, 0.5) is 5.69 Å². The van der Waals surface area contributed by atoms with Crippen molar-refractivity contribution in [3.63, 3.8) is 0 Å². The van der Waals surface area contributed by atoms with Crippen molar-refractivity contribution < 1.29 is 4.79 Å². The molecule has 1 aliphatic heterocycles. The fraction of sp³-hybridized carbons (Fsp3) is 0.176. The van der Waals surface area contributed by atoms with Crippen molar-refractivity contribution in [3.8, 4) is 6.07 Å². The van der Waals surface area contributed by atoms with Crippen molar-refractivity contribution in [2.24, 2.45) is 0 Å². The Bertz CT molecular complexity index is 945. The highest BCUT2D eigenvalue weighted by atomic mass is 32.2. The van der Waals surface area contributed by atoms with Gasteiger partial charge in [-0.15, -0.1) is 11.3 Å². The van der Waals surface area contributed by atoms with E-state index < -0.39 is 0 Å². The van der Waals surface area contributed by atoms with E-state index in [0.29, 0.717) is 12.1 Å². The quantitative estimate of drug-likeness (QED) is 0.675.